The van der Waals surface area contributed by atoms with Crippen LogP contribution in [0, 0.1) is 0 Å². The van der Waals surface area contributed by atoms with E-state index in [0.29, 0.717) is 29.7 Å². The van der Waals surface area contributed by atoms with Crippen molar-refractivity contribution in [2.45, 2.75) is 50.5 Å². The van der Waals surface area contributed by atoms with E-state index in [1.807, 2.05) is 39.8 Å². The number of aryl methyl sites for hydroxylation is 1. The van der Waals surface area contributed by atoms with Crippen molar-refractivity contribution in [3.8, 4) is 5.75 Å². The van der Waals surface area contributed by atoms with Gasteiger partial charge in [-0.25, -0.2) is 4.98 Å². The largest absolute Gasteiger partial charge is 0.497 e. The molecule has 3 heterocycles. The highest BCUT2D eigenvalue weighted by atomic mass is 16.5. The van der Waals surface area contributed by atoms with Gasteiger partial charge >= 0.3 is 0 Å². The zero-order chi connectivity index (χ0) is 23.9. The Bertz CT molecular complexity index is 1460. The molecule has 1 saturated heterocycles. The number of methoxy groups -OCH3 is 1. The van der Waals surface area contributed by atoms with Gasteiger partial charge in [-0.2, -0.15) is 0 Å². The van der Waals surface area contributed by atoms with Crippen molar-refractivity contribution in [2.75, 3.05) is 20.2 Å². The van der Waals surface area contributed by atoms with Crippen LogP contribution < -0.4 is 10.3 Å². The number of aromatic nitrogens is 3. The summed E-state index contributed by atoms with van der Waals surface area (Å²) in [6, 6.07) is 13.8. The Kier molecular flexibility index (Phi) is 5.55. The van der Waals surface area contributed by atoms with E-state index < -0.39 is 0 Å². The topological polar surface area (TPSA) is 80.2 Å². The first-order chi connectivity index (χ1) is 17.1. The lowest BCUT2D eigenvalue weighted by atomic mass is 9.89. The van der Waals surface area contributed by atoms with Crippen molar-refractivity contribution in [1.82, 2.24) is 19.4 Å². The van der Waals surface area contributed by atoms with Crippen molar-refractivity contribution < 1.29 is 9.53 Å². The maximum atomic E-state index is 13.1. The normalized spacial score (nSPS) is 16.8. The van der Waals surface area contributed by atoms with Crippen LogP contribution in [0.15, 0.2) is 53.5 Å². The number of carbonyl (C=O) groups is 1. The summed E-state index contributed by atoms with van der Waals surface area (Å²) < 4.78 is 7.25. The molecule has 4 aromatic rings. The second-order valence-electron chi connectivity index (χ2n) is 9.76. The number of piperidine rings is 1. The van der Waals surface area contributed by atoms with Crippen LogP contribution in [0.3, 0.4) is 0 Å². The van der Waals surface area contributed by atoms with E-state index >= 15 is 0 Å². The highest BCUT2D eigenvalue weighted by Crippen LogP contribution is 2.36. The van der Waals surface area contributed by atoms with E-state index in [2.05, 4.69) is 23.3 Å². The number of para-hydroxylation sites is 1. The number of fused-ring (bicyclic) bond motifs is 2. The number of ether oxygens (including phenoxy) is 1. The quantitative estimate of drug-likeness (QED) is 0.448. The molecule has 1 saturated carbocycles. The van der Waals surface area contributed by atoms with E-state index in [0.717, 1.165) is 55.9 Å². The first kappa shape index (κ1) is 21.9. The van der Waals surface area contributed by atoms with Gasteiger partial charge < -0.3 is 14.6 Å². The van der Waals surface area contributed by atoms with Gasteiger partial charge in [-0.05, 0) is 67.5 Å². The fourth-order valence-electron chi connectivity index (χ4n) is 5.48. The molecule has 0 spiro atoms. The van der Waals surface area contributed by atoms with Gasteiger partial charge in [0.2, 0.25) is 5.91 Å². The van der Waals surface area contributed by atoms with Crippen molar-refractivity contribution >= 4 is 27.7 Å². The van der Waals surface area contributed by atoms with Crippen LogP contribution in [0.5, 0.6) is 5.75 Å². The van der Waals surface area contributed by atoms with Crippen LogP contribution in [0.4, 0.5) is 0 Å². The van der Waals surface area contributed by atoms with Gasteiger partial charge in [-0.1, -0.05) is 12.1 Å². The van der Waals surface area contributed by atoms with Crippen molar-refractivity contribution in [3.63, 3.8) is 0 Å². The number of carbonyl (C=O) groups excluding carboxylic acids is 1. The number of nitrogens with one attached hydrogen (secondary N) is 1. The molecule has 0 radical (unpaired) electrons. The number of H-pyrrole nitrogens is 1. The number of rotatable bonds is 6. The van der Waals surface area contributed by atoms with Gasteiger partial charge in [0.1, 0.15) is 11.6 Å². The van der Waals surface area contributed by atoms with Gasteiger partial charge in [-0.15, -0.1) is 0 Å². The molecule has 1 aliphatic carbocycles. The summed E-state index contributed by atoms with van der Waals surface area (Å²) in [5.41, 5.74) is 3.16. The Morgan fingerprint density at radius 3 is 2.66 bits per heavy atom. The minimum Gasteiger partial charge on any atom is -0.497 e. The second kappa shape index (κ2) is 8.87. The highest BCUT2D eigenvalue weighted by molar-refractivity contribution is 5.85. The Hall–Kier alpha value is -3.61. The predicted octanol–water partition coefficient (Wildman–Crippen LogP) is 4.56. The standard InChI is InChI=1S/C28H30N4O3/c1-35-20-8-9-24-22(16-20)23(17-29-24)18-12-14-31(15-13-18)27(33)11-10-26-30-25-5-3-2-4-21(25)28(34)32(26)19-6-7-19/h2-5,8-9,16-19,29H,6-7,10-15H2,1H3. The Labute approximate surface area is 203 Å². The van der Waals surface area contributed by atoms with Gasteiger partial charge in [0.15, 0.2) is 0 Å². The van der Waals surface area contributed by atoms with Crippen molar-refractivity contribution in [1.29, 1.82) is 0 Å². The third-order valence-corrected chi connectivity index (χ3v) is 7.56. The molecule has 2 aliphatic rings. The summed E-state index contributed by atoms with van der Waals surface area (Å²) in [5.74, 6) is 2.17. The molecule has 0 bridgehead atoms. The number of hydrogen-bond donors (Lipinski definition) is 1. The van der Waals surface area contributed by atoms with Gasteiger partial charge in [-0.3, -0.25) is 14.2 Å². The fourth-order valence-corrected chi connectivity index (χ4v) is 5.48. The third-order valence-electron chi connectivity index (χ3n) is 7.56. The molecule has 35 heavy (non-hydrogen) atoms. The first-order valence-electron chi connectivity index (χ1n) is 12.6. The summed E-state index contributed by atoms with van der Waals surface area (Å²) in [4.78, 5) is 36.3. The number of benzene rings is 2. The second-order valence-corrected chi connectivity index (χ2v) is 9.76. The molecule has 2 aromatic heterocycles. The lowest BCUT2D eigenvalue weighted by Gasteiger charge is -2.32. The van der Waals surface area contributed by atoms with Crippen molar-refractivity contribution in [3.05, 3.63) is 70.4 Å². The molecule has 7 heteroatoms. The number of aromatic amines is 1. The molecule has 1 amide bonds. The minimum absolute atomic E-state index is 0.0247. The number of amides is 1. The molecular formula is C28H30N4O3. The third kappa shape index (κ3) is 4.09. The number of likely N-dealkylation sites (tertiary alicyclic amines) is 1. The van der Waals surface area contributed by atoms with E-state index in [1.54, 1.807) is 7.11 Å². The van der Waals surface area contributed by atoms with E-state index in [4.69, 9.17) is 9.72 Å². The van der Waals surface area contributed by atoms with Crippen LogP contribution in [-0.2, 0) is 11.2 Å². The number of nitrogens with zero attached hydrogens (tertiary/aromatic N) is 3. The van der Waals surface area contributed by atoms with Gasteiger partial charge in [0, 0.05) is 49.1 Å². The SMILES string of the molecule is COc1ccc2[nH]cc(C3CCN(C(=O)CCc4nc5ccccc5c(=O)n4C4CC4)CC3)c2c1. The van der Waals surface area contributed by atoms with Crippen LogP contribution in [0.1, 0.15) is 55.5 Å². The van der Waals surface area contributed by atoms with E-state index in [9.17, 15) is 9.59 Å². The Morgan fingerprint density at radius 2 is 1.89 bits per heavy atom. The van der Waals surface area contributed by atoms with E-state index in [1.165, 1.54) is 10.9 Å². The molecule has 6 rings (SSSR count). The molecular weight excluding hydrogens is 440 g/mol. The van der Waals surface area contributed by atoms with E-state index in [-0.39, 0.29) is 17.5 Å². The Balaban J connectivity index is 1.13. The lowest BCUT2D eigenvalue weighted by molar-refractivity contribution is -0.132. The average molecular weight is 471 g/mol. The minimum atomic E-state index is 0.0247. The van der Waals surface area contributed by atoms with Crippen LogP contribution >= 0.6 is 0 Å². The maximum absolute atomic E-state index is 13.1. The summed E-state index contributed by atoms with van der Waals surface area (Å²) in [6.45, 7) is 1.50. The monoisotopic (exact) mass is 470 g/mol. The van der Waals surface area contributed by atoms with Crippen molar-refractivity contribution in [2.24, 2.45) is 0 Å². The van der Waals surface area contributed by atoms with Crippen LogP contribution in [0.2, 0.25) is 0 Å². The van der Waals surface area contributed by atoms with Gasteiger partial charge in [0.05, 0.1) is 18.0 Å². The molecule has 2 fully saturated rings. The molecule has 2 aromatic carbocycles. The molecule has 7 nitrogen and oxygen atoms in total. The summed E-state index contributed by atoms with van der Waals surface area (Å²) >= 11 is 0. The summed E-state index contributed by atoms with van der Waals surface area (Å²) in [5, 5.41) is 1.86. The zero-order valence-electron chi connectivity index (χ0n) is 20.0. The van der Waals surface area contributed by atoms with Crippen LogP contribution in [0.25, 0.3) is 21.8 Å². The van der Waals surface area contributed by atoms with Crippen LogP contribution in [-0.4, -0.2) is 45.5 Å². The molecule has 1 N–H and O–H groups in total. The molecule has 0 unspecified atom stereocenters. The summed E-state index contributed by atoms with van der Waals surface area (Å²) in [7, 11) is 1.69. The predicted molar refractivity (Wildman–Crippen MR) is 136 cm³/mol. The smallest absolute Gasteiger partial charge is 0.261 e. The highest BCUT2D eigenvalue weighted by Gasteiger charge is 2.29. The Morgan fingerprint density at radius 1 is 1.09 bits per heavy atom. The first-order valence-corrected chi connectivity index (χ1v) is 12.6. The average Bonchev–Trinajstić information content (AvgIpc) is 3.65. The summed E-state index contributed by atoms with van der Waals surface area (Å²) in [6.07, 6.45) is 6.88. The molecule has 1 aliphatic heterocycles. The maximum Gasteiger partial charge on any atom is 0.261 e. The van der Waals surface area contributed by atoms with Gasteiger partial charge in [0.25, 0.3) is 5.56 Å². The lowest BCUT2D eigenvalue weighted by Crippen LogP contribution is -2.38. The zero-order valence-corrected chi connectivity index (χ0v) is 20.0. The molecule has 180 valence electrons. The molecule has 0 atom stereocenters. The fraction of sp³-hybridized carbons (Fsp3) is 0.393. The number of hydrogen-bond acceptors (Lipinski definition) is 4.